The quantitative estimate of drug-likeness (QED) is 0.893. The van der Waals surface area contributed by atoms with Crippen molar-refractivity contribution in [1.82, 2.24) is 0 Å². The molecule has 1 saturated heterocycles. The minimum Gasteiger partial charge on any atom is -0.368 e. The molecule has 0 radical (unpaired) electrons. The number of fused-ring (bicyclic) bond motifs is 1. The van der Waals surface area contributed by atoms with Crippen molar-refractivity contribution >= 4 is 29.3 Å². The number of primary amides is 1. The lowest BCUT2D eigenvalue weighted by Gasteiger charge is -2.37. The summed E-state index contributed by atoms with van der Waals surface area (Å²) in [5.41, 5.74) is 3.21. The number of amides is 2. The van der Waals surface area contributed by atoms with Gasteiger partial charge in [0.15, 0.2) is 5.60 Å². The van der Waals surface area contributed by atoms with Crippen molar-refractivity contribution < 1.29 is 23.1 Å². The number of carbonyl (C=O) groups is 2. The monoisotopic (exact) mass is 356 g/mol. The second-order valence-electron chi connectivity index (χ2n) is 5.96. The number of carbonyl (C=O) groups excluding carboxylic acids is 2. The first kappa shape index (κ1) is 17.2. The average molecular weight is 356 g/mol. The van der Waals surface area contributed by atoms with Crippen LogP contribution in [0.15, 0.2) is 12.1 Å². The van der Waals surface area contributed by atoms with Crippen LogP contribution in [0.5, 0.6) is 0 Å². The minimum absolute atomic E-state index is 0.122. The summed E-state index contributed by atoms with van der Waals surface area (Å²) in [7, 11) is 1.32. The SMILES string of the molecule is CO[C@]1([C@H]2CCCSC2)C(=O)N(CC(N)=O)c2c(F)ccc(F)c21. The molecule has 0 spiro atoms. The van der Waals surface area contributed by atoms with E-state index in [1.54, 1.807) is 11.8 Å². The lowest BCUT2D eigenvalue weighted by Crippen LogP contribution is -2.50. The molecular formula is C16H18F2N2O3S. The first-order valence-corrected chi connectivity index (χ1v) is 8.80. The van der Waals surface area contributed by atoms with Crippen molar-refractivity contribution in [3.63, 3.8) is 0 Å². The summed E-state index contributed by atoms with van der Waals surface area (Å²) < 4.78 is 34.6. The minimum atomic E-state index is -1.62. The Kier molecular flexibility index (Phi) is 4.52. The lowest BCUT2D eigenvalue weighted by molar-refractivity contribution is -0.147. The fourth-order valence-corrected chi connectivity index (χ4v) is 4.89. The Morgan fingerprint density at radius 3 is 2.75 bits per heavy atom. The first-order valence-electron chi connectivity index (χ1n) is 7.65. The van der Waals surface area contributed by atoms with E-state index in [2.05, 4.69) is 0 Å². The van der Waals surface area contributed by atoms with Gasteiger partial charge in [-0.3, -0.25) is 14.5 Å². The Labute approximate surface area is 142 Å². The summed E-state index contributed by atoms with van der Waals surface area (Å²) >= 11 is 1.65. The zero-order valence-electron chi connectivity index (χ0n) is 13.2. The van der Waals surface area contributed by atoms with Crippen molar-refractivity contribution in [2.75, 3.05) is 30.1 Å². The van der Waals surface area contributed by atoms with Gasteiger partial charge in [0.1, 0.15) is 18.2 Å². The smallest absolute Gasteiger partial charge is 0.264 e. The number of thioether (sulfide) groups is 1. The molecule has 2 heterocycles. The van der Waals surface area contributed by atoms with Crippen LogP contribution in [0.4, 0.5) is 14.5 Å². The lowest BCUT2D eigenvalue weighted by atomic mass is 9.80. The second-order valence-corrected chi connectivity index (χ2v) is 7.11. The van der Waals surface area contributed by atoms with Crippen LogP contribution in [0, 0.1) is 17.6 Å². The number of anilines is 1. The topological polar surface area (TPSA) is 72.6 Å². The number of benzene rings is 1. The highest BCUT2D eigenvalue weighted by molar-refractivity contribution is 7.99. The van der Waals surface area contributed by atoms with Gasteiger partial charge in [0, 0.05) is 13.0 Å². The molecule has 0 aliphatic carbocycles. The molecule has 2 atom stereocenters. The molecule has 1 fully saturated rings. The van der Waals surface area contributed by atoms with E-state index >= 15 is 0 Å². The molecule has 24 heavy (non-hydrogen) atoms. The molecule has 2 N–H and O–H groups in total. The van der Waals surface area contributed by atoms with Crippen molar-refractivity contribution in [2.45, 2.75) is 18.4 Å². The molecule has 8 heteroatoms. The zero-order chi connectivity index (χ0) is 17.5. The van der Waals surface area contributed by atoms with Gasteiger partial charge in [0.2, 0.25) is 5.91 Å². The third-order valence-corrected chi connectivity index (χ3v) is 5.87. The van der Waals surface area contributed by atoms with E-state index in [9.17, 15) is 18.4 Å². The number of hydrogen-bond acceptors (Lipinski definition) is 4. The maximum absolute atomic E-state index is 14.6. The largest absolute Gasteiger partial charge is 0.368 e. The standard InChI is InChI=1S/C16H18F2N2O3S/c1-23-16(9-3-2-6-24-8-9)13-10(17)4-5-11(18)14(13)20(15(16)22)7-12(19)21/h4-5,9H,2-3,6-8H2,1H3,(H2,19,21)/t9-,16-/m0/s1. The highest BCUT2D eigenvalue weighted by Gasteiger charge is 2.59. The molecular weight excluding hydrogens is 338 g/mol. The predicted molar refractivity (Wildman–Crippen MR) is 86.6 cm³/mol. The van der Waals surface area contributed by atoms with Crippen LogP contribution in [-0.2, 0) is 19.9 Å². The fraction of sp³-hybridized carbons (Fsp3) is 0.500. The number of hydrogen-bond donors (Lipinski definition) is 1. The molecule has 1 aromatic carbocycles. The molecule has 130 valence electrons. The van der Waals surface area contributed by atoms with Gasteiger partial charge in [-0.15, -0.1) is 0 Å². The Balaban J connectivity index is 2.22. The molecule has 2 amide bonds. The summed E-state index contributed by atoms with van der Waals surface area (Å²) in [5.74, 6) is -1.68. The van der Waals surface area contributed by atoms with E-state index in [-0.39, 0.29) is 17.2 Å². The van der Waals surface area contributed by atoms with E-state index < -0.39 is 35.6 Å². The summed E-state index contributed by atoms with van der Waals surface area (Å²) in [6.07, 6.45) is 1.52. The van der Waals surface area contributed by atoms with E-state index in [0.717, 1.165) is 29.2 Å². The Morgan fingerprint density at radius 1 is 1.46 bits per heavy atom. The van der Waals surface area contributed by atoms with E-state index in [1.165, 1.54) is 7.11 Å². The molecule has 3 rings (SSSR count). The number of nitrogens with two attached hydrogens (primary N) is 1. The Hall–Kier alpha value is -1.67. The van der Waals surface area contributed by atoms with E-state index in [1.807, 2.05) is 0 Å². The maximum Gasteiger partial charge on any atom is 0.264 e. The average Bonchev–Trinajstić information content (AvgIpc) is 2.82. The van der Waals surface area contributed by atoms with Gasteiger partial charge in [0.05, 0.1) is 11.3 Å². The highest BCUT2D eigenvalue weighted by atomic mass is 32.2. The third-order valence-electron chi connectivity index (χ3n) is 4.65. The molecule has 0 bridgehead atoms. The third kappa shape index (κ3) is 2.39. The van der Waals surface area contributed by atoms with Crippen LogP contribution in [0.3, 0.4) is 0 Å². The first-order chi connectivity index (χ1) is 11.4. The number of methoxy groups -OCH3 is 1. The number of nitrogens with zero attached hydrogens (tertiary/aromatic N) is 1. The van der Waals surface area contributed by atoms with Gasteiger partial charge in [-0.2, -0.15) is 11.8 Å². The van der Waals surface area contributed by atoms with Crippen LogP contribution in [0.2, 0.25) is 0 Å². The fourth-order valence-electron chi connectivity index (χ4n) is 3.67. The van der Waals surface area contributed by atoms with Gasteiger partial charge in [0.25, 0.3) is 5.91 Å². The molecule has 2 aliphatic rings. The zero-order valence-corrected chi connectivity index (χ0v) is 14.0. The predicted octanol–water partition coefficient (Wildman–Crippen LogP) is 1.78. The van der Waals surface area contributed by atoms with Crippen LogP contribution < -0.4 is 10.6 Å². The summed E-state index contributed by atoms with van der Waals surface area (Å²) in [6, 6.07) is 1.93. The second kappa shape index (κ2) is 6.33. The molecule has 5 nitrogen and oxygen atoms in total. The molecule has 2 aliphatic heterocycles. The highest BCUT2D eigenvalue weighted by Crippen LogP contribution is 2.51. The van der Waals surface area contributed by atoms with Gasteiger partial charge in [-0.25, -0.2) is 8.78 Å². The summed E-state index contributed by atoms with van der Waals surface area (Å²) in [6.45, 7) is -0.517. The van der Waals surface area contributed by atoms with Gasteiger partial charge < -0.3 is 10.5 Å². The number of halogens is 2. The van der Waals surface area contributed by atoms with Crippen molar-refractivity contribution in [3.8, 4) is 0 Å². The van der Waals surface area contributed by atoms with E-state index in [0.29, 0.717) is 12.2 Å². The van der Waals surface area contributed by atoms with Gasteiger partial charge >= 0.3 is 0 Å². The van der Waals surface area contributed by atoms with Crippen molar-refractivity contribution in [2.24, 2.45) is 11.7 Å². The molecule has 1 aromatic rings. The van der Waals surface area contributed by atoms with Crippen LogP contribution >= 0.6 is 11.8 Å². The number of rotatable bonds is 4. The molecule has 0 unspecified atom stereocenters. The summed E-state index contributed by atoms with van der Waals surface area (Å²) in [4.78, 5) is 25.4. The normalized spacial score (nSPS) is 26.5. The van der Waals surface area contributed by atoms with Gasteiger partial charge in [-0.1, -0.05) is 0 Å². The van der Waals surface area contributed by atoms with Crippen molar-refractivity contribution in [1.29, 1.82) is 0 Å². The van der Waals surface area contributed by atoms with Crippen LogP contribution in [-0.4, -0.2) is 37.0 Å². The Bertz CT molecular complexity index is 694. The van der Waals surface area contributed by atoms with Crippen LogP contribution in [0.25, 0.3) is 0 Å². The summed E-state index contributed by atoms with van der Waals surface area (Å²) in [5, 5.41) is 0. The van der Waals surface area contributed by atoms with E-state index in [4.69, 9.17) is 10.5 Å². The van der Waals surface area contributed by atoms with Crippen LogP contribution in [0.1, 0.15) is 18.4 Å². The van der Waals surface area contributed by atoms with Crippen molar-refractivity contribution in [3.05, 3.63) is 29.3 Å². The molecule has 0 aromatic heterocycles. The number of ether oxygens (including phenoxy) is 1. The van der Waals surface area contributed by atoms with Gasteiger partial charge in [-0.05, 0) is 36.5 Å². The molecule has 0 saturated carbocycles. The maximum atomic E-state index is 14.6. The Morgan fingerprint density at radius 2 is 2.17 bits per heavy atom.